The molecule has 4 nitrogen and oxygen atoms in total. The minimum absolute atomic E-state index is 0.105. The van der Waals surface area contributed by atoms with Crippen molar-refractivity contribution in [2.75, 3.05) is 0 Å². The van der Waals surface area contributed by atoms with Crippen LogP contribution >= 0.6 is 0 Å². The standard InChI is InChI=1S/C32H51NO3Si/c1-21(2)37(22(3)4,23(5)6)30-20-33(25(8)19-28(30)34)31(35)36-29-18-24(7)16-17-27(29)32(9,10)26-14-12-11-13-15-26/h11-15,20-25,27,29H,16-19H2,1-10H3/t24-,25-,27-,29-/m1/s1. The molecule has 206 valence electrons. The van der Waals surface area contributed by atoms with Crippen LogP contribution in [-0.4, -0.2) is 37.0 Å². The molecule has 1 amide bonds. The predicted molar refractivity (Wildman–Crippen MR) is 156 cm³/mol. The fourth-order valence-electron chi connectivity index (χ4n) is 7.89. The molecule has 3 rings (SSSR count). The summed E-state index contributed by atoms with van der Waals surface area (Å²) in [5.41, 5.74) is 2.40. The first-order valence-corrected chi connectivity index (χ1v) is 16.8. The number of hydrogen-bond donors (Lipinski definition) is 0. The van der Waals surface area contributed by atoms with Gasteiger partial charge in [0.1, 0.15) is 14.2 Å². The second-order valence-electron chi connectivity index (χ2n) is 13.4. The first-order valence-electron chi connectivity index (χ1n) is 14.5. The molecule has 1 aromatic rings. The van der Waals surface area contributed by atoms with Crippen molar-refractivity contribution in [3.05, 3.63) is 47.3 Å². The number of ketones is 1. The fraction of sp³-hybridized carbons (Fsp3) is 0.688. The van der Waals surface area contributed by atoms with Gasteiger partial charge in [-0.25, -0.2) is 4.79 Å². The third-order valence-electron chi connectivity index (χ3n) is 9.82. The molecule has 4 atom stereocenters. The van der Waals surface area contributed by atoms with Crippen LogP contribution in [0.25, 0.3) is 0 Å². The monoisotopic (exact) mass is 525 g/mol. The number of ether oxygens (including phenoxy) is 1. The predicted octanol–water partition coefficient (Wildman–Crippen LogP) is 8.67. The van der Waals surface area contributed by atoms with Gasteiger partial charge in [0, 0.05) is 24.6 Å². The maximum Gasteiger partial charge on any atom is 0.414 e. The van der Waals surface area contributed by atoms with Crippen LogP contribution in [-0.2, 0) is 14.9 Å². The number of allylic oxidation sites excluding steroid dienone is 1. The van der Waals surface area contributed by atoms with Gasteiger partial charge in [0.2, 0.25) is 0 Å². The van der Waals surface area contributed by atoms with Crippen molar-refractivity contribution in [1.29, 1.82) is 0 Å². The highest BCUT2D eigenvalue weighted by Gasteiger charge is 2.50. The van der Waals surface area contributed by atoms with E-state index in [0.29, 0.717) is 29.0 Å². The van der Waals surface area contributed by atoms with Crippen molar-refractivity contribution in [2.45, 2.75) is 129 Å². The molecular formula is C32H51NO3Si. The van der Waals surface area contributed by atoms with Gasteiger partial charge >= 0.3 is 6.09 Å². The van der Waals surface area contributed by atoms with Gasteiger partial charge in [0.25, 0.3) is 0 Å². The summed E-state index contributed by atoms with van der Waals surface area (Å²) in [6.07, 6.45) is 4.95. The van der Waals surface area contributed by atoms with Crippen LogP contribution in [0, 0.1) is 11.8 Å². The van der Waals surface area contributed by atoms with Crippen LogP contribution in [0.15, 0.2) is 41.7 Å². The lowest BCUT2D eigenvalue weighted by Gasteiger charge is -2.47. The molecule has 0 aromatic heterocycles. The maximum atomic E-state index is 13.8. The summed E-state index contributed by atoms with van der Waals surface area (Å²) < 4.78 is 6.42. The van der Waals surface area contributed by atoms with Gasteiger partial charge in [-0.05, 0) is 58.5 Å². The largest absolute Gasteiger partial charge is 0.446 e. The first-order chi connectivity index (χ1) is 17.2. The van der Waals surface area contributed by atoms with Gasteiger partial charge < -0.3 is 4.74 Å². The second kappa shape index (κ2) is 11.5. The number of carbonyl (C=O) groups is 2. The van der Waals surface area contributed by atoms with Crippen molar-refractivity contribution in [3.8, 4) is 0 Å². The van der Waals surface area contributed by atoms with Crippen LogP contribution in [0.4, 0.5) is 4.79 Å². The zero-order chi connectivity index (χ0) is 27.7. The van der Waals surface area contributed by atoms with E-state index >= 15 is 0 Å². The molecule has 1 aliphatic heterocycles. The molecule has 1 heterocycles. The minimum Gasteiger partial charge on any atom is -0.446 e. The summed E-state index contributed by atoms with van der Waals surface area (Å²) in [4.78, 5) is 29.1. The van der Waals surface area contributed by atoms with Crippen LogP contribution in [0.1, 0.15) is 100 Å². The van der Waals surface area contributed by atoms with Gasteiger partial charge in [0.15, 0.2) is 5.78 Å². The molecule has 1 aliphatic carbocycles. The van der Waals surface area contributed by atoms with Gasteiger partial charge in [-0.15, -0.1) is 0 Å². The highest BCUT2D eigenvalue weighted by molar-refractivity contribution is 6.93. The zero-order valence-corrected chi connectivity index (χ0v) is 26.0. The van der Waals surface area contributed by atoms with Crippen molar-refractivity contribution in [2.24, 2.45) is 11.8 Å². The van der Waals surface area contributed by atoms with Gasteiger partial charge in [-0.2, -0.15) is 0 Å². The average Bonchev–Trinajstić information content (AvgIpc) is 2.80. The van der Waals surface area contributed by atoms with Crippen molar-refractivity contribution in [3.63, 3.8) is 0 Å². The molecule has 37 heavy (non-hydrogen) atoms. The Morgan fingerprint density at radius 3 is 2.08 bits per heavy atom. The zero-order valence-electron chi connectivity index (χ0n) is 25.0. The summed E-state index contributed by atoms with van der Waals surface area (Å²) in [5, 5.41) is 0.931. The Kier molecular flexibility index (Phi) is 9.20. The SMILES string of the molecule is CC(C)[Si](C1=CN(C(=O)O[C@@H]2C[C@H](C)CC[C@H]2C(C)(C)c2ccccc2)[C@H](C)CC1=O)(C(C)C)C(C)C. The first kappa shape index (κ1) is 29.7. The number of benzene rings is 1. The van der Waals surface area contributed by atoms with E-state index in [9.17, 15) is 9.59 Å². The lowest BCUT2D eigenvalue weighted by Crippen LogP contribution is -2.53. The Morgan fingerprint density at radius 2 is 1.54 bits per heavy atom. The van der Waals surface area contributed by atoms with E-state index in [1.807, 2.05) is 13.1 Å². The van der Waals surface area contributed by atoms with Crippen molar-refractivity contribution < 1.29 is 14.3 Å². The van der Waals surface area contributed by atoms with E-state index in [4.69, 9.17) is 4.74 Å². The number of rotatable bonds is 7. The van der Waals surface area contributed by atoms with E-state index in [0.717, 1.165) is 24.5 Å². The summed E-state index contributed by atoms with van der Waals surface area (Å²) in [7, 11) is -2.20. The Bertz CT molecular complexity index is 959. The van der Waals surface area contributed by atoms with Crippen molar-refractivity contribution >= 4 is 20.0 Å². The molecule has 0 spiro atoms. The van der Waals surface area contributed by atoms with E-state index in [-0.39, 0.29) is 35.4 Å². The summed E-state index contributed by atoms with van der Waals surface area (Å²) in [6.45, 7) is 22.4. The van der Waals surface area contributed by atoms with Crippen LogP contribution in [0.3, 0.4) is 0 Å². The molecule has 0 bridgehead atoms. The molecule has 1 saturated carbocycles. The smallest absolute Gasteiger partial charge is 0.414 e. The Labute approximate surface area is 227 Å². The molecule has 1 fully saturated rings. The molecule has 1 aromatic carbocycles. The minimum atomic E-state index is -2.20. The maximum absolute atomic E-state index is 13.8. The molecule has 2 aliphatic rings. The van der Waals surface area contributed by atoms with Gasteiger partial charge in [-0.1, -0.05) is 99.1 Å². The average molecular weight is 526 g/mol. The molecule has 0 unspecified atom stereocenters. The third-order valence-corrected chi connectivity index (χ3v) is 16.9. The molecule has 0 saturated heterocycles. The highest BCUT2D eigenvalue weighted by atomic mass is 28.3. The van der Waals surface area contributed by atoms with Gasteiger partial charge in [0.05, 0.1) is 0 Å². The van der Waals surface area contributed by atoms with E-state index in [1.165, 1.54) is 5.56 Å². The number of carbonyl (C=O) groups excluding carboxylic acids is 2. The molecular weight excluding hydrogens is 474 g/mol. The summed E-state index contributed by atoms with van der Waals surface area (Å²) >= 11 is 0. The Morgan fingerprint density at radius 1 is 0.973 bits per heavy atom. The van der Waals surface area contributed by atoms with Crippen LogP contribution < -0.4 is 0 Å². The second-order valence-corrected chi connectivity index (χ2v) is 19.2. The quantitative estimate of drug-likeness (QED) is 0.335. The van der Waals surface area contributed by atoms with Crippen LogP contribution in [0.2, 0.25) is 16.6 Å². The molecule has 0 N–H and O–H groups in total. The third kappa shape index (κ3) is 5.62. The van der Waals surface area contributed by atoms with E-state index < -0.39 is 8.07 Å². The lowest BCUT2D eigenvalue weighted by atomic mass is 9.64. The molecule has 0 radical (unpaired) electrons. The normalized spacial score (nSPS) is 25.6. The topological polar surface area (TPSA) is 46.6 Å². The van der Waals surface area contributed by atoms with Crippen molar-refractivity contribution in [1.82, 2.24) is 4.90 Å². The van der Waals surface area contributed by atoms with E-state index in [2.05, 4.69) is 92.6 Å². The highest BCUT2D eigenvalue weighted by Crippen LogP contribution is 2.48. The summed E-state index contributed by atoms with van der Waals surface area (Å²) in [5.74, 6) is 0.999. The van der Waals surface area contributed by atoms with E-state index in [1.54, 1.807) is 4.90 Å². The summed E-state index contributed by atoms with van der Waals surface area (Å²) in [6, 6.07) is 10.4. The number of nitrogens with zero attached hydrogens (tertiary/aromatic N) is 1. The Balaban J connectivity index is 1.95. The van der Waals surface area contributed by atoms with Crippen LogP contribution in [0.5, 0.6) is 0 Å². The number of hydrogen-bond acceptors (Lipinski definition) is 3. The fourth-order valence-corrected chi connectivity index (χ4v) is 14.7. The Hall–Kier alpha value is -1.88. The van der Waals surface area contributed by atoms with Gasteiger partial charge in [-0.3, -0.25) is 9.69 Å². The molecule has 5 heteroatoms. The lowest BCUT2D eigenvalue weighted by molar-refractivity contribution is -0.116. The number of Topliss-reactive ketones (excluding diaryl/α,β-unsaturated/α-hetero) is 1. The number of amides is 1.